The van der Waals surface area contributed by atoms with E-state index in [2.05, 4.69) is 11.1 Å². The summed E-state index contributed by atoms with van der Waals surface area (Å²) in [7, 11) is 1.84. The molecule has 0 radical (unpaired) electrons. The largest absolute Gasteiger partial charge is 0.334 e. The van der Waals surface area contributed by atoms with E-state index in [1.165, 1.54) is 4.88 Å². The Bertz CT molecular complexity index is 733. The summed E-state index contributed by atoms with van der Waals surface area (Å²) in [6, 6.07) is 11.7. The van der Waals surface area contributed by atoms with Gasteiger partial charge in [0.15, 0.2) is 0 Å². The lowest BCUT2D eigenvalue weighted by Gasteiger charge is -2.24. The number of nitrogens with zero attached hydrogens (tertiary/aromatic N) is 3. The second kappa shape index (κ2) is 6.15. The molecule has 0 fully saturated rings. The number of carbonyl (C=O) groups excluding carboxylic acids is 1. The fraction of sp³-hybridized carbons (Fsp3) is 0.176. The average molecular weight is 311 g/mol. The third-order valence-corrected chi connectivity index (χ3v) is 4.82. The highest BCUT2D eigenvalue weighted by molar-refractivity contribution is 7.10. The van der Waals surface area contributed by atoms with Crippen molar-refractivity contribution in [1.29, 1.82) is 0 Å². The van der Waals surface area contributed by atoms with Crippen LogP contribution in [0.15, 0.2) is 60.5 Å². The molecular formula is C17H17N3OS. The van der Waals surface area contributed by atoms with Gasteiger partial charge in [0.1, 0.15) is 0 Å². The molecule has 0 aliphatic heterocycles. The van der Waals surface area contributed by atoms with Crippen molar-refractivity contribution in [2.24, 2.45) is 0 Å². The summed E-state index contributed by atoms with van der Waals surface area (Å²) in [6.07, 6.45) is 5.35. The van der Waals surface area contributed by atoms with Gasteiger partial charge < -0.3 is 9.47 Å². The van der Waals surface area contributed by atoms with Crippen molar-refractivity contribution in [1.82, 2.24) is 14.5 Å². The molecule has 1 unspecified atom stereocenters. The smallest absolute Gasteiger partial charge is 0.254 e. The monoisotopic (exact) mass is 311 g/mol. The van der Waals surface area contributed by atoms with Gasteiger partial charge in [-0.3, -0.25) is 4.79 Å². The van der Waals surface area contributed by atoms with Gasteiger partial charge in [0.05, 0.1) is 12.4 Å². The van der Waals surface area contributed by atoms with E-state index < -0.39 is 0 Å². The molecule has 5 heteroatoms. The number of thiophene rings is 1. The van der Waals surface area contributed by atoms with E-state index in [1.807, 2.05) is 60.4 Å². The van der Waals surface area contributed by atoms with Gasteiger partial charge in [0.25, 0.3) is 5.91 Å². The van der Waals surface area contributed by atoms with E-state index in [1.54, 1.807) is 28.8 Å². The summed E-state index contributed by atoms with van der Waals surface area (Å²) in [5.41, 5.74) is 1.68. The Hall–Kier alpha value is -2.40. The van der Waals surface area contributed by atoms with Gasteiger partial charge >= 0.3 is 0 Å². The number of hydrogen-bond acceptors (Lipinski definition) is 3. The lowest BCUT2D eigenvalue weighted by Crippen LogP contribution is -2.29. The van der Waals surface area contributed by atoms with Crippen molar-refractivity contribution >= 4 is 17.2 Å². The number of rotatable bonds is 4. The second-order valence-electron chi connectivity index (χ2n) is 5.12. The number of amides is 1. The first-order valence-corrected chi connectivity index (χ1v) is 7.94. The van der Waals surface area contributed by atoms with Gasteiger partial charge in [-0.15, -0.1) is 11.3 Å². The fourth-order valence-electron chi connectivity index (χ4n) is 2.29. The molecule has 2 aromatic heterocycles. The Labute approximate surface area is 133 Å². The summed E-state index contributed by atoms with van der Waals surface area (Å²) in [5.74, 6) is 0.0260. The maximum Gasteiger partial charge on any atom is 0.254 e. The van der Waals surface area contributed by atoms with Gasteiger partial charge in [-0.2, -0.15) is 0 Å². The number of benzene rings is 1. The molecule has 1 atom stereocenters. The van der Waals surface area contributed by atoms with Crippen LogP contribution in [0, 0.1) is 0 Å². The molecule has 22 heavy (non-hydrogen) atoms. The Morgan fingerprint density at radius 1 is 1.27 bits per heavy atom. The van der Waals surface area contributed by atoms with Crippen LogP contribution in [0.4, 0.5) is 0 Å². The van der Waals surface area contributed by atoms with E-state index in [0.29, 0.717) is 5.56 Å². The standard InChI is InChI=1S/C17H17N3OS/c1-13(16-4-3-11-22-16)19(2)17(21)14-5-7-15(8-6-14)20-10-9-18-12-20/h3-13H,1-2H3. The van der Waals surface area contributed by atoms with Crippen molar-refractivity contribution in [2.45, 2.75) is 13.0 Å². The van der Waals surface area contributed by atoms with Crippen molar-refractivity contribution in [2.75, 3.05) is 7.05 Å². The first-order chi connectivity index (χ1) is 10.7. The van der Waals surface area contributed by atoms with E-state index >= 15 is 0 Å². The molecule has 0 N–H and O–H groups in total. The maximum absolute atomic E-state index is 12.6. The zero-order chi connectivity index (χ0) is 15.5. The van der Waals surface area contributed by atoms with Gasteiger partial charge in [0, 0.05) is 35.6 Å². The Balaban J connectivity index is 1.77. The topological polar surface area (TPSA) is 38.1 Å². The highest BCUT2D eigenvalue weighted by atomic mass is 32.1. The summed E-state index contributed by atoms with van der Waals surface area (Å²) >= 11 is 1.67. The van der Waals surface area contributed by atoms with Crippen molar-refractivity contribution in [3.05, 3.63) is 70.9 Å². The minimum absolute atomic E-state index is 0.0260. The maximum atomic E-state index is 12.6. The average Bonchev–Trinajstić information content (AvgIpc) is 3.26. The zero-order valence-corrected chi connectivity index (χ0v) is 13.3. The van der Waals surface area contributed by atoms with Crippen molar-refractivity contribution in [3.63, 3.8) is 0 Å². The first kappa shape index (κ1) is 14.5. The molecule has 3 aromatic rings. The molecule has 2 heterocycles. The lowest BCUT2D eigenvalue weighted by molar-refractivity contribution is 0.0745. The minimum atomic E-state index is 0.0260. The first-order valence-electron chi connectivity index (χ1n) is 7.06. The van der Waals surface area contributed by atoms with Crippen LogP contribution in [-0.2, 0) is 0 Å². The summed E-state index contributed by atoms with van der Waals surface area (Å²) < 4.78 is 1.91. The third-order valence-electron chi connectivity index (χ3n) is 3.77. The molecule has 0 saturated carbocycles. The molecule has 1 aromatic carbocycles. The molecule has 0 aliphatic carbocycles. The van der Waals surface area contributed by atoms with Crippen LogP contribution in [-0.4, -0.2) is 27.4 Å². The van der Waals surface area contributed by atoms with Crippen LogP contribution in [0.3, 0.4) is 0 Å². The molecule has 4 nitrogen and oxygen atoms in total. The molecule has 0 saturated heterocycles. The zero-order valence-electron chi connectivity index (χ0n) is 12.5. The quantitative estimate of drug-likeness (QED) is 0.735. The van der Waals surface area contributed by atoms with E-state index in [4.69, 9.17) is 0 Å². The third kappa shape index (κ3) is 2.80. The molecular weight excluding hydrogens is 294 g/mol. The van der Waals surface area contributed by atoms with Crippen LogP contribution in [0.1, 0.15) is 28.2 Å². The number of carbonyl (C=O) groups is 1. The van der Waals surface area contributed by atoms with Crippen LogP contribution in [0.5, 0.6) is 0 Å². The summed E-state index contributed by atoms with van der Waals surface area (Å²) in [5, 5.41) is 2.03. The normalized spacial score (nSPS) is 12.1. The lowest BCUT2D eigenvalue weighted by atomic mass is 10.1. The van der Waals surface area contributed by atoms with E-state index in [9.17, 15) is 4.79 Å². The highest BCUT2D eigenvalue weighted by Gasteiger charge is 2.19. The highest BCUT2D eigenvalue weighted by Crippen LogP contribution is 2.24. The molecule has 112 valence electrons. The predicted octanol–water partition coefficient (Wildman–Crippen LogP) is 3.77. The Kier molecular flexibility index (Phi) is 4.06. The SMILES string of the molecule is CC(c1cccs1)N(C)C(=O)c1ccc(-n2ccnc2)cc1. The van der Waals surface area contributed by atoms with Gasteiger partial charge in [-0.1, -0.05) is 6.07 Å². The summed E-state index contributed by atoms with van der Waals surface area (Å²) in [6.45, 7) is 2.05. The van der Waals surface area contributed by atoms with Crippen LogP contribution < -0.4 is 0 Å². The molecule has 0 aliphatic rings. The van der Waals surface area contributed by atoms with Gasteiger partial charge in [-0.25, -0.2) is 4.98 Å². The van der Waals surface area contributed by atoms with E-state index in [0.717, 1.165) is 5.69 Å². The molecule has 1 amide bonds. The molecule has 0 spiro atoms. The van der Waals surface area contributed by atoms with Gasteiger partial charge in [0.2, 0.25) is 0 Å². The van der Waals surface area contributed by atoms with Crippen molar-refractivity contribution < 1.29 is 4.79 Å². The van der Waals surface area contributed by atoms with Crippen LogP contribution in [0.25, 0.3) is 5.69 Å². The second-order valence-corrected chi connectivity index (χ2v) is 6.10. The van der Waals surface area contributed by atoms with Crippen molar-refractivity contribution in [3.8, 4) is 5.69 Å². The Morgan fingerprint density at radius 3 is 2.64 bits per heavy atom. The van der Waals surface area contributed by atoms with Crippen LogP contribution >= 0.6 is 11.3 Å². The van der Waals surface area contributed by atoms with Gasteiger partial charge in [-0.05, 0) is 42.6 Å². The van der Waals surface area contributed by atoms with Crippen LogP contribution in [0.2, 0.25) is 0 Å². The predicted molar refractivity (Wildman–Crippen MR) is 88.4 cm³/mol. The number of hydrogen-bond donors (Lipinski definition) is 0. The Morgan fingerprint density at radius 2 is 2.05 bits per heavy atom. The summed E-state index contributed by atoms with van der Waals surface area (Å²) in [4.78, 5) is 19.6. The minimum Gasteiger partial charge on any atom is -0.334 e. The molecule has 3 rings (SSSR count). The fourth-order valence-corrected chi connectivity index (χ4v) is 3.11. The number of imidazole rings is 1. The number of aromatic nitrogens is 2. The molecule has 0 bridgehead atoms. The van der Waals surface area contributed by atoms with E-state index in [-0.39, 0.29) is 11.9 Å².